The van der Waals surface area contributed by atoms with E-state index < -0.39 is 48.0 Å². The van der Waals surface area contributed by atoms with Gasteiger partial charge in [0, 0.05) is 19.6 Å². The fourth-order valence-electron chi connectivity index (χ4n) is 10.3. The Bertz CT molecular complexity index is 2180. The van der Waals surface area contributed by atoms with Crippen LogP contribution in [-0.2, 0) is 69.8 Å². The van der Waals surface area contributed by atoms with Gasteiger partial charge in [-0.25, -0.2) is 0 Å². The van der Waals surface area contributed by atoms with Crippen molar-refractivity contribution in [2.24, 2.45) is 0 Å². The quantitative estimate of drug-likeness (QED) is 0.0316. The molecule has 0 radical (unpaired) electrons. The maximum atomic E-state index is 12.7. The molecule has 2 N–H and O–H groups in total. The number of hydrogen-bond acceptors (Lipinski definition) is 14. The molecule has 0 unspecified atom stereocenters. The van der Waals surface area contributed by atoms with Crippen molar-refractivity contribution in [3.8, 4) is 0 Å². The van der Waals surface area contributed by atoms with Gasteiger partial charge in [0.2, 0.25) is 0 Å². The zero-order valence-electron chi connectivity index (χ0n) is 46.5. The van der Waals surface area contributed by atoms with E-state index in [2.05, 4.69) is 80.5 Å². The first kappa shape index (κ1) is 66.0. The van der Waals surface area contributed by atoms with E-state index >= 15 is 0 Å². The van der Waals surface area contributed by atoms with Gasteiger partial charge in [-0.05, 0) is 94.5 Å². The van der Waals surface area contributed by atoms with E-state index in [0.29, 0.717) is 33.0 Å². The molecule has 0 atom stereocenters. The molecule has 0 aliphatic heterocycles. The van der Waals surface area contributed by atoms with E-state index in [0.717, 1.165) is 153 Å². The third-order valence-electron chi connectivity index (χ3n) is 15.1. The number of ether oxygens (including phenoxy) is 4. The summed E-state index contributed by atoms with van der Waals surface area (Å²) in [6.07, 6.45) is 12.1. The number of carbonyl (C=O) groups excluding carboxylic acids is 3. The molecule has 0 aromatic heterocycles. The van der Waals surface area contributed by atoms with E-state index in [9.17, 15) is 31.2 Å². The standard InChI is InChI=1S/C20H31NO3.2C18H27NO2.C2H6O6S2/c1-3-21(4-2)14-15-23-16-17-24-19(22)20(12-8-9-13-20)18-10-6-5-7-11-18;2*1-3-19(4-2)14-15-21-17(20)18(12-8-9-13-18)16-10-6-5-7-11-16;3-9(4,5)1-2-10(6,7)8/h5-7,10-11H,3-4,8-9,12-17H2,1-2H3;2*5-7,10-11H,3-4,8-9,12-15H2,1-2H3;1-2H2,(H,3,4,5)(H,6,7,8). The van der Waals surface area contributed by atoms with Crippen LogP contribution in [0.1, 0.15) is 135 Å². The summed E-state index contributed by atoms with van der Waals surface area (Å²) in [5, 5.41) is 0. The fourth-order valence-corrected chi connectivity index (χ4v) is 12.0. The molecule has 3 aliphatic carbocycles. The van der Waals surface area contributed by atoms with Crippen LogP contribution in [0.2, 0.25) is 0 Å². The molecule has 76 heavy (non-hydrogen) atoms. The summed E-state index contributed by atoms with van der Waals surface area (Å²) in [6.45, 7) is 23.9. The summed E-state index contributed by atoms with van der Waals surface area (Å²) in [7, 11) is -8.59. The monoisotopic (exact) mass is 1100 g/mol. The van der Waals surface area contributed by atoms with Crippen LogP contribution in [-0.4, -0.2) is 162 Å². The topological polar surface area (TPSA) is 207 Å². The SMILES string of the molecule is CCN(CC)CCOC(=O)C1(c2ccccc2)CCCC1.CCN(CC)CCOC(=O)C1(c2ccccc2)CCCC1.CCN(CC)CCOCCOC(=O)C1(c2ccccc2)CCCC1.O=S(=O)(O)CCS(=O)(=O)O. The van der Waals surface area contributed by atoms with Gasteiger partial charge in [0.05, 0.1) is 41.0 Å². The number of benzene rings is 3. The van der Waals surface area contributed by atoms with Gasteiger partial charge in [-0.15, -0.1) is 0 Å². The second kappa shape index (κ2) is 34.6. The zero-order valence-corrected chi connectivity index (χ0v) is 48.1. The Morgan fingerprint density at radius 3 is 0.908 bits per heavy atom. The van der Waals surface area contributed by atoms with Crippen molar-refractivity contribution >= 4 is 38.1 Å². The third kappa shape index (κ3) is 21.9. The Morgan fingerprint density at radius 1 is 0.408 bits per heavy atom. The summed E-state index contributed by atoms with van der Waals surface area (Å²) in [4.78, 5) is 44.9. The normalized spacial score (nSPS) is 16.4. The molecular formula is C58H91N3O13S2. The summed E-state index contributed by atoms with van der Waals surface area (Å²) in [5.74, 6) is -2.10. The van der Waals surface area contributed by atoms with E-state index in [1.165, 1.54) is 0 Å². The molecule has 3 aliphatic rings. The smallest absolute Gasteiger partial charge is 0.316 e. The number of likely N-dealkylation sites (N-methyl/N-ethyl adjacent to an activating group) is 3. The number of esters is 3. The Kier molecular flexibility index (Phi) is 30.0. The molecule has 0 saturated heterocycles. The van der Waals surface area contributed by atoms with E-state index in [1.54, 1.807) is 0 Å². The fraction of sp³-hybridized carbons (Fsp3) is 0.638. The highest BCUT2D eigenvalue weighted by atomic mass is 32.2. The van der Waals surface area contributed by atoms with Gasteiger partial charge in [-0.3, -0.25) is 23.5 Å². The van der Waals surface area contributed by atoms with Crippen molar-refractivity contribution in [3.05, 3.63) is 108 Å². The van der Waals surface area contributed by atoms with Gasteiger partial charge in [-0.2, -0.15) is 16.8 Å². The van der Waals surface area contributed by atoms with Crippen LogP contribution < -0.4 is 0 Å². The van der Waals surface area contributed by atoms with Gasteiger partial charge in [-0.1, -0.05) is 171 Å². The molecule has 3 fully saturated rings. The molecule has 3 saturated carbocycles. The minimum atomic E-state index is -4.30. The summed E-state index contributed by atoms with van der Waals surface area (Å²) in [5.41, 5.74) is 2.10. The van der Waals surface area contributed by atoms with Crippen LogP contribution in [0.4, 0.5) is 0 Å². The second-order valence-electron chi connectivity index (χ2n) is 19.6. The molecule has 428 valence electrons. The van der Waals surface area contributed by atoms with Gasteiger partial charge < -0.3 is 33.6 Å². The molecule has 18 heteroatoms. The zero-order chi connectivity index (χ0) is 55.9. The Labute approximate surface area is 456 Å². The highest BCUT2D eigenvalue weighted by Crippen LogP contribution is 2.44. The third-order valence-corrected chi connectivity index (χ3v) is 16.8. The summed E-state index contributed by atoms with van der Waals surface area (Å²) >= 11 is 0. The van der Waals surface area contributed by atoms with Crippen LogP contribution in [0.25, 0.3) is 0 Å². The largest absolute Gasteiger partial charge is 0.464 e. The number of nitrogens with zero attached hydrogens (tertiary/aromatic N) is 3. The summed E-state index contributed by atoms with van der Waals surface area (Å²) < 4.78 is 77.8. The predicted molar refractivity (Wildman–Crippen MR) is 300 cm³/mol. The van der Waals surface area contributed by atoms with Crippen molar-refractivity contribution in [3.63, 3.8) is 0 Å². The Balaban J connectivity index is 0.000000276. The molecular weight excluding hydrogens is 1010 g/mol. The molecule has 0 amide bonds. The van der Waals surface area contributed by atoms with Crippen LogP contribution in [0.3, 0.4) is 0 Å². The molecule has 0 bridgehead atoms. The molecule has 16 nitrogen and oxygen atoms in total. The van der Waals surface area contributed by atoms with Gasteiger partial charge in [0.1, 0.15) is 19.8 Å². The van der Waals surface area contributed by atoms with Crippen molar-refractivity contribution in [2.75, 3.05) is 103 Å². The lowest BCUT2D eigenvalue weighted by molar-refractivity contribution is -0.152. The van der Waals surface area contributed by atoms with Gasteiger partial charge in [0.15, 0.2) is 0 Å². The van der Waals surface area contributed by atoms with Crippen LogP contribution in [0, 0.1) is 0 Å². The average Bonchev–Trinajstić information content (AvgIpc) is 4.26. The Morgan fingerprint density at radius 2 is 0.658 bits per heavy atom. The van der Waals surface area contributed by atoms with Gasteiger partial charge >= 0.3 is 17.9 Å². The van der Waals surface area contributed by atoms with Crippen molar-refractivity contribution < 1.29 is 59.3 Å². The van der Waals surface area contributed by atoms with E-state index in [-0.39, 0.29) is 17.9 Å². The first-order valence-corrected chi connectivity index (χ1v) is 30.9. The van der Waals surface area contributed by atoms with Crippen molar-refractivity contribution in [1.82, 2.24) is 14.7 Å². The first-order chi connectivity index (χ1) is 36.4. The molecule has 6 rings (SSSR count). The maximum Gasteiger partial charge on any atom is 0.316 e. The van der Waals surface area contributed by atoms with Crippen LogP contribution in [0.15, 0.2) is 91.0 Å². The lowest BCUT2D eigenvalue weighted by atomic mass is 9.79. The van der Waals surface area contributed by atoms with E-state index in [1.807, 2.05) is 66.7 Å². The van der Waals surface area contributed by atoms with Crippen molar-refractivity contribution in [1.29, 1.82) is 0 Å². The van der Waals surface area contributed by atoms with Gasteiger partial charge in [0.25, 0.3) is 20.2 Å². The van der Waals surface area contributed by atoms with Crippen molar-refractivity contribution in [2.45, 2.75) is 135 Å². The number of carbonyl (C=O) groups is 3. The average molecular weight is 1100 g/mol. The minimum absolute atomic E-state index is 0.0293. The molecule has 3 aromatic rings. The Hall–Kier alpha value is -4.27. The predicted octanol–water partition coefficient (Wildman–Crippen LogP) is 8.93. The number of rotatable bonds is 27. The molecule has 0 spiro atoms. The molecule has 0 heterocycles. The van der Waals surface area contributed by atoms with Crippen LogP contribution in [0.5, 0.6) is 0 Å². The summed E-state index contributed by atoms with van der Waals surface area (Å²) in [6, 6.07) is 30.4. The molecule has 3 aromatic carbocycles. The lowest BCUT2D eigenvalue weighted by Crippen LogP contribution is -2.36. The van der Waals surface area contributed by atoms with E-state index in [4.69, 9.17) is 28.1 Å². The number of hydrogen-bond donors (Lipinski definition) is 2. The maximum absolute atomic E-state index is 12.7. The highest BCUT2D eigenvalue weighted by Gasteiger charge is 2.46. The second-order valence-corrected chi connectivity index (χ2v) is 22.8. The first-order valence-electron chi connectivity index (χ1n) is 27.7. The lowest BCUT2D eigenvalue weighted by Gasteiger charge is -2.28. The van der Waals surface area contributed by atoms with Crippen LogP contribution >= 0.6 is 0 Å². The highest BCUT2D eigenvalue weighted by molar-refractivity contribution is 7.89. The minimum Gasteiger partial charge on any atom is -0.464 e.